The fourth-order valence-corrected chi connectivity index (χ4v) is 0.437. The number of rotatable bonds is 4. The van der Waals surface area contributed by atoms with Crippen LogP contribution in [0.4, 0.5) is 4.79 Å². The topological polar surface area (TPSA) is 47.6 Å². The van der Waals surface area contributed by atoms with Gasteiger partial charge in [-0.25, -0.2) is 4.79 Å². The standard InChI is InChI=1S/C6H13NO3/c1-3-10-6(8)7-4-5-9-2/h3-5H2,1-2H3,(H,7,8). The summed E-state index contributed by atoms with van der Waals surface area (Å²) in [5.74, 6) is 0. The molecule has 60 valence electrons. The lowest BCUT2D eigenvalue weighted by Crippen LogP contribution is -2.27. The van der Waals surface area contributed by atoms with Crippen LogP contribution in [0.5, 0.6) is 0 Å². The van der Waals surface area contributed by atoms with Gasteiger partial charge < -0.3 is 14.8 Å². The van der Waals surface area contributed by atoms with Crippen molar-refractivity contribution in [1.82, 2.24) is 5.32 Å². The summed E-state index contributed by atoms with van der Waals surface area (Å²) in [4.78, 5) is 10.5. The number of carbonyl (C=O) groups excluding carboxylic acids is 1. The number of nitrogens with one attached hydrogen (secondary N) is 1. The molecule has 0 aromatic rings. The quantitative estimate of drug-likeness (QED) is 0.585. The Balaban J connectivity index is 3.05. The molecule has 4 nitrogen and oxygen atoms in total. The van der Waals surface area contributed by atoms with E-state index in [2.05, 4.69) is 10.1 Å². The molecular weight excluding hydrogens is 134 g/mol. The van der Waals surface area contributed by atoms with Gasteiger partial charge in [0.05, 0.1) is 13.2 Å². The van der Waals surface area contributed by atoms with E-state index in [1.807, 2.05) is 0 Å². The summed E-state index contributed by atoms with van der Waals surface area (Å²) in [6, 6.07) is 0. The second-order valence-electron chi connectivity index (χ2n) is 1.64. The Hall–Kier alpha value is -0.770. The first-order valence-electron chi connectivity index (χ1n) is 3.20. The maximum Gasteiger partial charge on any atom is 0.407 e. The fourth-order valence-electron chi connectivity index (χ4n) is 0.437. The van der Waals surface area contributed by atoms with E-state index < -0.39 is 0 Å². The monoisotopic (exact) mass is 147 g/mol. The number of hydrogen-bond donors (Lipinski definition) is 1. The lowest BCUT2D eigenvalue weighted by atomic mass is 10.7. The molecule has 0 aromatic heterocycles. The van der Waals surface area contributed by atoms with Gasteiger partial charge >= 0.3 is 6.09 Å². The third-order valence-corrected chi connectivity index (χ3v) is 0.851. The van der Waals surface area contributed by atoms with Crippen LogP contribution in [0.15, 0.2) is 0 Å². The minimum absolute atomic E-state index is 0.389. The second kappa shape index (κ2) is 6.35. The lowest BCUT2D eigenvalue weighted by molar-refractivity contribution is 0.144. The maximum absolute atomic E-state index is 10.5. The molecule has 1 N–H and O–H groups in total. The molecule has 10 heavy (non-hydrogen) atoms. The highest BCUT2D eigenvalue weighted by Crippen LogP contribution is 1.74. The Kier molecular flexibility index (Phi) is 5.86. The summed E-state index contributed by atoms with van der Waals surface area (Å²) in [6.45, 7) is 3.17. The molecule has 0 unspecified atom stereocenters. The number of hydrogen-bond acceptors (Lipinski definition) is 3. The molecule has 0 bridgehead atoms. The van der Waals surface area contributed by atoms with Gasteiger partial charge in [0.25, 0.3) is 0 Å². The summed E-state index contributed by atoms with van der Waals surface area (Å²) < 4.78 is 9.28. The first-order chi connectivity index (χ1) is 4.81. The number of ether oxygens (including phenoxy) is 2. The van der Waals surface area contributed by atoms with Crippen molar-refractivity contribution in [3.63, 3.8) is 0 Å². The van der Waals surface area contributed by atoms with Crippen LogP contribution in [0, 0.1) is 0 Å². The van der Waals surface area contributed by atoms with E-state index in [1.165, 1.54) is 0 Å². The van der Waals surface area contributed by atoms with Crippen molar-refractivity contribution in [2.75, 3.05) is 26.9 Å². The molecule has 0 aliphatic carbocycles. The highest BCUT2D eigenvalue weighted by atomic mass is 16.5. The zero-order valence-electron chi connectivity index (χ0n) is 6.35. The largest absolute Gasteiger partial charge is 0.450 e. The van der Waals surface area contributed by atoms with Gasteiger partial charge in [-0.2, -0.15) is 0 Å². The van der Waals surface area contributed by atoms with E-state index in [-0.39, 0.29) is 6.09 Å². The van der Waals surface area contributed by atoms with Gasteiger partial charge in [0, 0.05) is 13.7 Å². The predicted octanol–water partition coefficient (Wildman–Crippen LogP) is 0.379. The summed E-state index contributed by atoms with van der Waals surface area (Å²) >= 11 is 0. The Labute approximate surface area is 60.5 Å². The average Bonchev–Trinajstić information content (AvgIpc) is 1.89. The highest BCUT2D eigenvalue weighted by Gasteiger charge is 1.96. The minimum atomic E-state index is -0.389. The normalized spacial score (nSPS) is 9.00. The minimum Gasteiger partial charge on any atom is -0.450 e. The Morgan fingerprint density at radius 2 is 2.30 bits per heavy atom. The Morgan fingerprint density at radius 1 is 1.60 bits per heavy atom. The molecule has 0 saturated carbocycles. The first-order valence-corrected chi connectivity index (χ1v) is 3.20. The number of amides is 1. The molecular formula is C6H13NO3. The van der Waals surface area contributed by atoms with Crippen LogP contribution in [0.1, 0.15) is 6.92 Å². The van der Waals surface area contributed by atoms with Gasteiger partial charge in [-0.1, -0.05) is 0 Å². The molecule has 1 amide bonds. The SMILES string of the molecule is CCOC(=O)NCCOC. The van der Waals surface area contributed by atoms with Crippen molar-refractivity contribution < 1.29 is 14.3 Å². The van der Waals surface area contributed by atoms with E-state index in [0.717, 1.165) is 0 Å². The summed E-state index contributed by atoms with van der Waals surface area (Å²) in [5.41, 5.74) is 0. The average molecular weight is 147 g/mol. The molecule has 0 saturated heterocycles. The van der Waals surface area contributed by atoms with Gasteiger partial charge in [-0.05, 0) is 6.92 Å². The van der Waals surface area contributed by atoms with Crippen LogP contribution in [0.25, 0.3) is 0 Å². The lowest BCUT2D eigenvalue weighted by Gasteiger charge is -2.02. The molecule has 0 spiro atoms. The zero-order chi connectivity index (χ0) is 7.82. The van der Waals surface area contributed by atoms with E-state index in [9.17, 15) is 4.79 Å². The van der Waals surface area contributed by atoms with Crippen molar-refractivity contribution in [3.05, 3.63) is 0 Å². The van der Waals surface area contributed by atoms with Gasteiger partial charge in [-0.15, -0.1) is 0 Å². The fraction of sp³-hybridized carbons (Fsp3) is 0.833. The second-order valence-corrected chi connectivity index (χ2v) is 1.64. The maximum atomic E-state index is 10.5. The van der Waals surface area contributed by atoms with Crippen LogP contribution in [0.2, 0.25) is 0 Å². The van der Waals surface area contributed by atoms with Crippen LogP contribution in [-0.2, 0) is 9.47 Å². The van der Waals surface area contributed by atoms with Gasteiger partial charge in [0.15, 0.2) is 0 Å². The Bertz CT molecular complexity index is 95.0. The van der Waals surface area contributed by atoms with Crippen molar-refractivity contribution in [1.29, 1.82) is 0 Å². The van der Waals surface area contributed by atoms with E-state index in [0.29, 0.717) is 19.8 Å². The third-order valence-electron chi connectivity index (χ3n) is 0.851. The van der Waals surface area contributed by atoms with Gasteiger partial charge in [0.1, 0.15) is 0 Å². The molecule has 0 aliphatic rings. The predicted molar refractivity (Wildman–Crippen MR) is 36.9 cm³/mol. The van der Waals surface area contributed by atoms with E-state index in [1.54, 1.807) is 14.0 Å². The van der Waals surface area contributed by atoms with Crippen LogP contribution >= 0.6 is 0 Å². The molecule has 0 atom stereocenters. The molecule has 0 fully saturated rings. The molecule has 0 radical (unpaired) electrons. The van der Waals surface area contributed by atoms with Crippen molar-refractivity contribution in [3.8, 4) is 0 Å². The molecule has 0 heterocycles. The number of methoxy groups -OCH3 is 1. The number of alkyl carbamates (subject to hydrolysis) is 1. The van der Waals surface area contributed by atoms with Gasteiger partial charge in [0.2, 0.25) is 0 Å². The van der Waals surface area contributed by atoms with Crippen LogP contribution < -0.4 is 5.32 Å². The number of carbonyl (C=O) groups is 1. The Morgan fingerprint density at radius 3 is 2.80 bits per heavy atom. The summed E-state index contributed by atoms with van der Waals surface area (Å²) in [6.07, 6.45) is -0.389. The third kappa shape index (κ3) is 5.37. The van der Waals surface area contributed by atoms with Crippen molar-refractivity contribution >= 4 is 6.09 Å². The van der Waals surface area contributed by atoms with Crippen molar-refractivity contribution in [2.45, 2.75) is 6.92 Å². The molecule has 0 aromatic carbocycles. The smallest absolute Gasteiger partial charge is 0.407 e. The highest BCUT2D eigenvalue weighted by molar-refractivity contribution is 5.66. The van der Waals surface area contributed by atoms with Gasteiger partial charge in [-0.3, -0.25) is 0 Å². The van der Waals surface area contributed by atoms with Crippen LogP contribution in [-0.4, -0.2) is 33.0 Å². The van der Waals surface area contributed by atoms with Crippen LogP contribution in [0.3, 0.4) is 0 Å². The zero-order valence-corrected chi connectivity index (χ0v) is 6.35. The van der Waals surface area contributed by atoms with Crippen molar-refractivity contribution in [2.24, 2.45) is 0 Å². The summed E-state index contributed by atoms with van der Waals surface area (Å²) in [5, 5.41) is 2.50. The van der Waals surface area contributed by atoms with E-state index >= 15 is 0 Å². The molecule has 0 aliphatic heterocycles. The summed E-state index contributed by atoms with van der Waals surface area (Å²) in [7, 11) is 1.58. The molecule has 0 rings (SSSR count). The molecule has 4 heteroatoms. The van der Waals surface area contributed by atoms with E-state index in [4.69, 9.17) is 4.74 Å². The first kappa shape index (κ1) is 9.23.